The lowest BCUT2D eigenvalue weighted by molar-refractivity contribution is -0.496. The van der Waals surface area contributed by atoms with E-state index in [2.05, 4.69) is 10.6 Å². The number of hydrogen-bond acceptors (Lipinski definition) is 6. The molecule has 234 valence electrons. The summed E-state index contributed by atoms with van der Waals surface area (Å²) in [5, 5.41) is 4.85. The van der Waals surface area contributed by atoms with Gasteiger partial charge in [-0.05, 0) is 32.9 Å². The number of ether oxygens (including phenoxy) is 1. The number of carbonyl (C=O) groups excluding carboxylic acids is 1. The fourth-order valence-electron chi connectivity index (χ4n) is 2.72. The van der Waals surface area contributed by atoms with Gasteiger partial charge in [0.05, 0.1) is 0 Å². The third kappa shape index (κ3) is 11.7. The van der Waals surface area contributed by atoms with Gasteiger partial charge in [0.15, 0.2) is 0 Å². The van der Waals surface area contributed by atoms with Gasteiger partial charge in [-0.3, -0.25) is 0 Å². The highest BCUT2D eigenvalue weighted by atomic mass is 32.2. The quantitative estimate of drug-likeness (QED) is 0.0988. The van der Waals surface area contributed by atoms with Crippen LogP contribution in [0.15, 0.2) is 0 Å². The molecular formula is C19H31F11N2O5SSi. The lowest BCUT2D eigenvalue weighted by Gasteiger charge is -2.33. The fourth-order valence-corrected chi connectivity index (χ4v) is 6.18. The zero-order valence-electron chi connectivity index (χ0n) is 21.2. The molecule has 0 atom stereocenters. The summed E-state index contributed by atoms with van der Waals surface area (Å²) in [6.07, 6.45) is -21.8. The van der Waals surface area contributed by atoms with E-state index in [1.807, 2.05) is 4.74 Å². The minimum absolute atomic E-state index is 0.118. The Bertz CT molecular complexity index is 719. The number of amides is 2. The molecule has 0 saturated carbocycles. The Hall–Kier alpha value is -1.09. The van der Waals surface area contributed by atoms with Gasteiger partial charge in [-0.1, -0.05) is 0 Å². The van der Waals surface area contributed by atoms with Gasteiger partial charge < -0.3 is 23.9 Å². The summed E-state index contributed by atoms with van der Waals surface area (Å²) in [6, 6.07) is -0.230. The number of thioether (sulfide) groups is 1. The molecule has 39 heavy (non-hydrogen) atoms. The van der Waals surface area contributed by atoms with Crippen molar-refractivity contribution in [3.05, 3.63) is 0 Å². The molecule has 7 nitrogen and oxygen atoms in total. The Kier molecular flexibility index (Phi) is 15.3. The van der Waals surface area contributed by atoms with Crippen molar-refractivity contribution in [1.29, 1.82) is 0 Å². The van der Waals surface area contributed by atoms with Gasteiger partial charge in [0.25, 0.3) is 0 Å². The molecule has 0 radical (unpaired) electrons. The molecule has 0 bridgehead atoms. The lowest BCUT2D eigenvalue weighted by atomic mass is 10.2. The number of carbonyl (C=O) groups is 1. The van der Waals surface area contributed by atoms with Crippen molar-refractivity contribution in [2.24, 2.45) is 0 Å². The summed E-state index contributed by atoms with van der Waals surface area (Å²) in [5.41, 5.74) is 0. The Labute approximate surface area is 223 Å². The number of halogens is 11. The highest BCUT2D eigenvalue weighted by molar-refractivity contribution is 7.99. The zero-order valence-corrected chi connectivity index (χ0v) is 23.0. The van der Waals surface area contributed by atoms with E-state index in [0.717, 1.165) is 0 Å². The smallest absolute Gasteiger partial charge is 0.374 e. The van der Waals surface area contributed by atoms with E-state index in [9.17, 15) is 53.1 Å². The predicted molar refractivity (Wildman–Crippen MR) is 120 cm³/mol. The maximum absolute atomic E-state index is 13.6. The van der Waals surface area contributed by atoms with Gasteiger partial charge in [0.1, 0.15) is 0 Å². The van der Waals surface area contributed by atoms with Crippen LogP contribution in [0, 0.1) is 0 Å². The van der Waals surface area contributed by atoms with Gasteiger partial charge in [0, 0.05) is 51.1 Å². The van der Waals surface area contributed by atoms with Crippen LogP contribution in [-0.4, -0.2) is 89.5 Å². The average Bonchev–Trinajstić information content (AvgIpc) is 2.78. The topological polar surface area (TPSA) is 78.1 Å². The summed E-state index contributed by atoms with van der Waals surface area (Å²) in [7, 11) is -2.90. The molecule has 0 fully saturated rings. The molecule has 0 aliphatic carbocycles. The van der Waals surface area contributed by atoms with E-state index in [1.165, 1.54) is 0 Å². The second-order valence-corrected chi connectivity index (χ2v) is 11.5. The molecule has 0 aromatic heterocycles. The summed E-state index contributed by atoms with van der Waals surface area (Å²) in [4.78, 5) is 11.8. The lowest BCUT2D eigenvalue weighted by Crippen LogP contribution is -2.58. The molecule has 0 aromatic carbocycles. The molecule has 0 spiro atoms. The maximum Gasteiger partial charge on any atom is 0.500 e. The first-order valence-electron chi connectivity index (χ1n) is 11.5. The highest BCUT2D eigenvalue weighted by Gasteiger charge is 2.78. The van der Waals surface area contributed by atoms with Crippen molar-refractivity contribution in [2.45, 2.75) is 69.9 Å². The highest BCUT2D eigenvalue weighted by Crippen LogP contribution is 2.51. The predicted octanol–water partition coefficient (Wildman–Crippen LogP) is 5.88. The first-order valence-corrected chi connectivity index (χ1v) is 14.6. The number of urea groups is 1. The Morgan fingerprint density at radius 1 is 0.744 bits per heavy atom. The normalized spacial score (nSPS) is 14.0. The third-order valence-electron chi connectivity index (χ3n) is 4.53. The van der Waals surface area contributed by atoms with Gasteiger partial charge >= 0.3 is 45.1 Å². The molecule has 0 aliphatic rings. The fraction of sp³-hybridized carbons (Fsp3) is 0.947. The van der Waals surface area contributed by atoms with Crippen molar-refractivity contribution in [2.75, 3.05) is 44.4 Å². The van der Waals surface area contributed by atoms with Gasteiger partial charge in [-0.2, -0.15) is 60.1 Å². The molecule has 2 N–H and O–H groups in total. The monoisotopic (exact) mass is 636 g/mol. The minimum atomic E-state index is -7.15. The third-order valence-corrected chi connectivity index (χ3v) is 8.67. The molecule has 2 amide bonds. The maximum atomic E-state index is 13.6. The molecule has 0 aliphatic heterocycles. The van der Waals surface area contributed by atoms with Crippen LogP contribution in [0.1, 0.15) is 33.6 Å². The van der Waals surface area contributed by atoms with Gasteiger partial charge in [0.2, 0.25) is 0 Å². The first kappa shape index (κ1) is 37.9. The van der Waals surface area contributed by atoms with Crippen LogP contribution in [0.25, 0.3) is 0 Å². The van der Waals surface area contributed by atoms with Crippen molar-refractivity contribution in [3.63, 3.8) is 0 Å². The van der Waals surface area contributed by atoms with Crippen molar-refractivity contribution in [1.82, 2.24) is 10.6 Å². The van der Waals surface area contributed by atoms with Crippen molar-refractivity contribution < 1.29 is 71.1 Å². The van der Waals surface area contributed by atoms with E-state index in [1.54, 1.807) is 20.8 Å². The van der Waals surface area contributed by atoms with E-state index in [0.29, 0.717) is 44.0 Å². The minimum Gasteiger partial charge on any atom is -0.374 e. The zero-order chi connectivity index (χ0) is 30.6. The van der Waals surface area contributed by atoms with Gasteiger partial charge in [-0.25, -0.2) is 9.53 Å². The van der Waals surface area contributed by atoms with Crippen LogP contribution in [-0.2, 0) is 18.0 Å². The number of hydrogen-bond donors (Lipinski definition) is 2. The van der Waals surface area contributed by atoms with Crippen LogP contribution >= 0.6 is 11.8 Å². The molecular weight excluding hydrogens is 605 g/mol. The molecule has 0 saturated heterocycles. The largest absolute Gasteiger partial charge is 0.500 e. The first-order chi connectivity index (χ1) is 17.7. The number of nitrogens with one attached hydrogen (secondary N) is 2. The van der Waals surface area contributed by atoms with E-state index in [-0.39, 0.29) is 18.8 Å². The Morgan fingerprint density at radius 2 is 1.23 bits per heavy atom. The summed E-state index contributed by atoms with van der Waals surface area (Å²) in [6.45, 7) is 6.51. The molecule has 20 heteroatoms. The number of rotatable bonds is 20. The van der Waals surface area contributed by atoms with Crippen molar-refractivity contribution in [3.8, 4) is 0 Å². The van der Waals surface area contributed by atoms with Crippen LogP contribution in [0.2, 0.25) is 6.04 Å². The summed E-state index contributed by atoms with van der Waals surface area (Å²) < 4.78 is 160. The van der Waals surface area contributed by atoms with E-state index in [4.69, 9.17) is 13.3 Å². The summed E-state index contributed by atoms with van der Waals surface area (Å²) >= 11 is 0.543. The SMILES string of the molecule is CCO[Si](CCCNC(=O)NCCSCCC(F)(F)C(F)(F)OC(F)(F)C(F)(F)C(F)(F)F)(OCC)OCC. The van der Waals surface area contributed by atoms with Gasteiger partial charge in [-0.15, -0.1) is 0 Å². The Morgan fingerprint density at radius 3 is 1.69 bits per heavy atom. The van der Waals surface area contributed by atoms with Crippen LogP contribution in [0.5, 0.6) is 0 Å². The second kappa shape index (κ2) is 15.8. The molecule has 0 unspecified atom stereocenters. The van der Waals surface area contributed by atoms with Crippen molar-refractivity contribution >= 4 is 26.6 Å². The van der Waals surface area contributed by atoms with E-state index >= 15 is 0 Å². The van der Waals surface area contributed by atoms with Crippen LogP contribution in [0.4, 0.5) is 53.1 Å². The second-order valence-electron chi connectivity index (χ2n) is 7.54. The van der Waals surface area contributed by atoms with Crippen LogP contribution in [0.3, 0.4) is 0 Å². The van der Waals surface area contributed by atoms with E-state index < -0.39 is 57.2 Å². The van der Waals surface area contributed by atoms with Crippen LogP contribution < -0.4 is 10.6 Å². The molecule has 0 heterocycles. The summed E-state index contributed by atoms with van der Waals surface area (Å²) in [5.74, 6) is -13.6. The Balaban J connectivity index is 4.49. The molecule has 0 aromatic rings. The number of alkyl halides is 11. The molecule has 0 rings (SSSR count). The standard InChI is InChI=1S/C19H31F11N2O5SSi/c1-4-34-39(35-5-2,36-6-3)13-7-9-31-14(33)32-10-12-38-11-8-15(20,21)18(27,28)37-19(29,30)16(22,23)17(24,25)26/h4-13H2,1-3H3,(H2,31,32,33). The average molecular weight is 637 g/mol.